The Morgan fingerprint density at radius 2 is 1.68 bits per heavy atom. The summed E-state index contributed by atoms with van der Waals surface area (Å²) in [6.45, 7) is 0.691. The molecule has 2 amide bonds. The maximum atomic E-state index is 13.3. The van der Waals surface area contributed by atoms with Crippen molar-refractivity contribution in [3.63, 3.8) is 0 Å². The van der Waals surface area contributed by atoms with Gasteiger partial charge in [0.05, 0.1) is 5.69 Å². The molecule has 1 heterocycles. The first kappa shape index (κ1) is 25.3. The molecule has 0 bridgehead atoms. The Bertz CT molecular complexity index is 1300. The fourth-order valence-electron chi connectivity index (χ4n) is 3.49. The third kappa shape index (κ3) is 7.61. The molecule has 0 spiro atoms. The number of hydrogen-bond donors (Lipinski definition) is 3. The molecule has 9 nitrogen and oxygen atoms in total. The maximum Gasteiger partial charge on any atom is 0.408 e. The van der Waals surface area contributed by atoms with Crippen LogP contribution in [0.15, 0.2) is 97.5 Å². The summed E-state index contributed by atoms with van der Waals surface area (Å²) in [5, 5.41) is 5.52. The fourth-order valence-corrected chi connectivity index (χ4v) is 3.49. The van der Waals surface area contributed by atoms with E-state index in [0.29, 0.717) is 23.5 Å². The highest BCUT2D eigenvalue weighted by atomic mass is 16.5. The van der Waals surface area contributed by atoms with E-state index in [4.69, 9.17) is 15.2 Å². The van der Waals surface area contributed by atoms with Crippen LogP contribution >= 0.6 is 0 Å². The van der Waals surface area contributed by atoms with E-state index in [1.165, 1.54) is 6.33 Å². The minimum absolute atomic E-state index is 0.0787. The number of ether oxygens (including phenoxy) is 2. The molecule has 37 heavy (non-hydrogen) atoms. The average Bonchev–Trinajstić information content (AvgIpc) is 2.95. The zero-order chi connectivity index (χ0) is 25.9. The van der Waals surface area contributed by atoms with Gasteiger partial charge in [-0.3, -0.25) is 4.79 Å². The van der Waals surface area contributed by atoms with Gasteiger partial charge < -0.3 is 25.8 Å². The van der Waals surface area contributed by atoms with E-state index in [-0.39, 0.29) is 13.2 Å². The number of nitrogens with zero attached hydrogens (tertiary/aromatic N) is 2. The topological polar surface area (TPSA) is 128 Å². The molecule has 1 aromatic heterocycles. The van der Waals surface area contributed by atoms with Crippen LogP contribution in [0.5, 0.6) is 5.75 Å². The number of carbonyl (C=O) groups is 2. The molecule has 0 aliphatic carbocycles. The number of carbonyl (C=O) groups excluding carboxylic acids is 2. The molecule has 4 rings (SSSR count). The van der Waals surface area contributed by atoms with E-state index < -0.39 is 18.0 Å². The second-order valence-electron chi connectivity index (χ2n) is 8.09. The minimum atomic E-state index is -1.01. The third-order valence-corrected chi connectivity index (χ3v) is 5.41. The van der Waals surface area contributed by atoms with E-state index in [1.54, 1.807) is 54.7 Å². The van der Waals surface area contributed by atoms with Gasteiger partial charge in [-0.2, -0.15) is 0 Å². The van der Waals surface area contributed by atoms with Gasteiger partial charge in [-0.25, -0.2) is 14.8 Å². The standard InChI is InChI=1S/C28H27N5O4/c29-16-21-7-4-8-23(15-21)32-27(34)26(33-28(35)37-17-20-5-2-1-3-6-20)22-9-11-25(12-10-22)36-18-24-13-14-30-19-31-24/h1-15,19,26H,16-18,29H2,(H,32,34)(H,33,35)/t26-/m1/s1. The van der Waals surface area contributed by atoms with Gasteiger partial charge in [-0.1, -0.05) is 54.6 Å². The van der Waals surface area contributed by atoms with Gasteiger partial charge in [0.25, 0.3) is 5.91 Å². The lowest BCUT2D eigenvalue weighted by Crippen LogP contribution is -2.37. The van der Waals surface area contributed by atoms with Crippen molar-refractivity contribution in [2.24, 2.45) is 5.73 Å². The van der Waals surface area contributed by atoms with Crippen LogP contribution < -0.4 is 21.1 Å². The van der Waals surface area contributed by atoms with E-state index in [1.807, 2.05) is 36.4 Å². The summed E-state index contributed by atoms with van der Waals surface area (Å²) in [6, 6.07) is 24.1. The van der Waals surface area contributed by atoms with Gasteiger partial charge >= 0.3 is 6.09 Å². The predicted molar refractivity (Wildman–Crippen MR) is 138 cm³/mol. The summed E-state index contributed by atoms with van der Waals surface area (Å²) in [6.07, 6.45) is 2.38. The summed E-state index contributed by atoms with van der Waals surface area (Å²) >= 11 is 0. The number of benzene rings is 3. The molecule has 0 fully saturated rings. The Morgan fingerprint density at radius 1 is 0.892 bits per heavy atom. The number of alkyl carbamates (subject to hydrolysis) is 1. The monoisotopic (exact) mass is 497 g/mol. The lowest BCUT2D eigenvalue weighted by Gasteiger charge is -2.19. The second-order valence-corrected chi connectivity index (χ2v) is 8.09. The Morgan fingerprint density at radius 3 is 2.41 bits per heavy atom. The Balaban J connectivity index is 1.46. The van der Waals surface area contributed by atoms with Crippen LogP contribution in [0.2, 0.25) is 0 Å². The quantitative estimate of drug-likeness (QED) is 0.301. The summed E-state index contributed by atoms with van der Waals surface area (Å²) < 4.78 is 11.1. The molecule has 0 aliphatic heterocycles. The van der Waals surface area contributed by atoms with Crippen molar-refractivity contribution >= 4 is 17.7 Å². The molecule has 0 saturated heterocycles. The molecular formula is C28H27N5O4. The van der Waals surface area contributed by atoms with E-state index in [2.05, 4.69) is 20.6 Å². The molecule has 4 N–H and O–H groups in total. The second kappa shape index (κ2) is 12.8. The maximum absolute atomic E-state index is 13.3. The molecule has 0 radical (unpaired) electrons. The summed E-state index contributed by atoms with van der Waals surface area (Å²) in [7, 11) is 0. The molecule has 188 valence electrons. The van der Waals surface area contributed by atoms with E-state index >= 15 is 0 Å². The van der Waals surface area contributed by atoms with Crippen LogP contribution in [0.3, 0.4) is 0 Å². The minimum Gasteiger partial charge on any atom is -0.487 e. The summed E-state index contributed by atoms with van der Waals surface area (Å²) in [5.74, 6) is 0.157. The third-order valence-electron chi connectivity index (χ3n) is 5.41. The van der Waals surface area contributed by atoms with Gasteiger partial charge in [0.2, 0.25) is 0 Å². The van der Waals surface area contributed by atoms with Gasteiger partial charge in [0.1, 0.15) is 31.3 Å². The Kier molecular flexibility index (Phi) is 8.77. The number of aromatic nitrogens is 2. The van der Waals surface area contributed by atoms with Crippen molar-refractivity contribution in [1.82, 2.24) is 15.3 Å². The van der Waals surface area contributed by atoms with Gasteiger partial charge in [0.15, 0.2) is 0 Å². The van der Waals surface area contributed by atoms with E-state index in [9.17, 15) is 9.59 Å². The molecule has 4 aromatic rings. The van der Waals surface area contributed by atoms with Crippen molar-refractivity contribution in [3.8, 4) is 5.75 Å². The molecule has 3 aromatic carbocycles. The number of hydrogen-bond acceptors (Lipinski definition) is 7. The number of amides is 2. The van der Waals surface area contributed by atoms with Gasteiger partial charge in [-0.15, -0.1) is 0 Å². The summed E-state index contributed by atoms with van der Waals surface area (Å²) in [4.78, 5) is 33.9. The number of nitrogens with one attached hydrogen (secondary N) is 2. The highest BCUT2D eigenvalue weighted by Crippen LogP contribution is 2.21. The van der Waals surface area contributed by atoms with Crippen molar-refractivity contribution < 1.29 is 19.1 Å². The smallest absolute Gasteiger partial charge is 0.408 e. The van der Waals surface area contributed by atoms with Crippen LogP contribution in [0, 0.1) is 0 Å². The van der Waals surface area contributed by atoms with Crippen LogP contribution in [0.25, 0.3) is 0 Å². The van der Waals surface area contributed by atoms with Crippen LogP contribution in [-0.4, -0.2) is 22.0 Å². The zero-order valence-corrected chi connectivity index (χ0v) is 20.0. The first-order valence-electron chi connectivity index (χ1n) is 11.7. The molecule has 9 heteroatoms. The highest BCUT2D eigenvalue weighted by molar-refractivity contribution is 5.97. The van der Waals surface area contributed by atoms with Crippen molar-refractivity contribution in [3.05, 3.63) is 120 Å². The SMILES string of the molecule is NCc1cccc(NC(=O)[C@H](NC(=O)OCc2ccccc2)c2ccc(OCc3ccncn3)cc2)c1. The first-order chi connectivity index (χ1) is 18.1. The normalized spacial score (nSPS) is 11.3. The van der Waals surface area contributed by atoms with Crippen molar-refractivity contribution in [2.75, 3.05) is 5.32 Å². The number of anilines is 1. The molecule has 0 unspecified atom stereocenters. The van der Waals surface area contributed by atoms with Crippen LogP contribution in [-0.2, 0) is 29.3 Å². The lowest BCUT2D eigenvalue weighted by atomic mass is 10.1. The fraction of sp³-hybridized carbons (Fsp3) is 0.143. The largest absolute Gasteiger partial charge is 0.487 e. The van der Waals surface area contributed by atoms with E-state index in [0.717, 1.165) is 16.8 Å². The number of rotatable bonds is 10. The lowest BCUT2D eigenvalue weighted by molar-refractivity contribution is -0.118. The number of nitrogens with two attached hydrogens (primary N) is 1. The average molecular weight is 498 g/mol. The predicted octanol–water partition coefficient (Wildman–Crippen LogP) is 4.12. The van der Waals surface area contributed by atoms with Crippen LogP contribution in [0.1, 0.15) is 28.4 Å². The molecule has 1 atom stereocenters. The Labute approximate surface area is 214 Å². The zero-order valence-electron chi connectivity index (χ0n) is 20.0. The van der Waals surface area contributed by atoms with Crippen LogP contribution in [0.4, 0.5) is 10.5 Å². The highest BCUT2D eigenvalue weighted by Gasteiger charge is 2.24. The van der Waals surface area contributed by atoms with Gasteiger partial charge in [0, 0.05) is 18.4 Å². The molecule has 0 aliphatic rings. The molecular weight excluding hydrogens is 470 g/mol. The Hall–Kier alpha value is -4.76. The van der Waals surface area contributed by atoms with Crippen molar-refractivity contribution in [1.29, 1.82) is 0 Å². The van der Waals surface area contributed by atoms with Crippen molar-refractivity contribution in [2.45, 2.75) is 25.8 Å². The summed E-state index contributed by atoms with van der Waals surface area (Å²) in [5.41, 5.74) is 9.28. The van der Waals surface area contributed by atoms with Gasteiger partial charge in [-0.05, 0) is 47.0 Å². The molecule has 0 saturated carbocycles. The first-order valence-corrected chi connectivity index (χ1v) is 11.7.